The summed E-state index contributed by atoms with van der Waals surface area (Å²) in [5.74, 6) is 0.0358. The number of aromatic nitrogens is 1. The molecule has 2 heterocycles. The Morgan fingerprint density at radius 2 is 1.89 bits per heavy atom. The van der Waals surface area contributed by atoms with Crippen LogP contribution in [0.1, 0.15) is 21.5 Å². The Hall–Kier alpha value is -3.02. The summed E-state index contributed by atoms with van der Waals surface area (Å²) in [6.07, 6.45) is 3.66. The molecule has 0 bridgehead atoms. The summed E-state index contributed by atoms with van der Waals surface area (Å²) < 4.78 is 0. The van der Waals surface area contributed by atoms with Gasteiger partial charge in [0.15, 0.2) is 17.1 Å². The van der Waals surface area contributed by atoms with Crippen molar-refractivity contribution in [1.29, 1.82) is 0 Å². The van der Waals surface area contributed by atoms with Crippen molar-refractivity contribution in [3.8, 4) is 0 Å². The standard InChI is InChI=1S/C22H19N3OS/c26-21(16-6-2-1-3-7-16)17-8-4-10-19(12-17)24-14-20-15-27-22(25-20)18-9-5-11-23-13-18/h1-13,15,24H,14,25H2. The van der Waals surface area contributed by atoms with Crippen LogP contribution in [0.3, 0.4) is 0 Å². The number of nitrogens with two attached hydrogens (primary N) is 1. The largest absolute Gasteiger partial charge is 0.434 e. The van der Waals surface area contributed by atoms with Crippen molar-refractivity contribution >= 4 is 28.2 Å². The minimum atomic E-state index is 0.0358. The van der Waals surface area contributed by atoms with Crippen LogP contribution in [0, 0.1) is 11.4 Å². The van der Waals surface area contributed by atoms with E-state index in [0.29, 0.717) is 17.7 Å². The van der Waals surface area contributed by atoms with E-state index in [1.165, 1.54) is 11.4 Å². The topological polar surface area (TPSA) is 58.6 Å². The lowest BCUT2D eigenvalue weighted by Gasteiger charge is -2.19. The van der Waals surface area contributed by atoms with Crippen LogP contribution in [0.5, 0.6) is 0 Å². The van der Waals surface area contributed by atoms with Gasteiger partial charge in [-0.2, -0.15) is 0 Å². The molecule has 0 atom stereocenters. The predicted octanol–water partition coefficient (Wildman–Crippen LogP) is 2.26. The molecule has 2 aromatic carbocycles. The van der Waals surface area contributed by atoms with Crippen LogP contribution < -0.4 is 10.6 Å². The number of carbonyl (C=O) groups is 1. The van der Waals surface area contributed by atoms with Crippen LogP contribution in [0.4, 0.5) is 5.69 Å². The van der Waals surface area contributed by atoms with Crippen molar-refractivity contribution in [3.63, 3.8) is 0 Å². The van der Waals surface area contributed by atoms with E-state index >= 15 is 0 Å². The van der Waals surface area contributed by atoms with Gasteiger partial charge >= 0.3 is 0 Å². The van der Waals surface area contributed by atoms with Gasteiger partial charge in [0.2, 0.25) is 0 Å². The van der Waals surface area contributed by atoms with E-state index < -0.39 is 0 Å². The number of rotatable bonds is 6. The van der Waals surface area contributed by atoms with Gasteiger partial charge in [0.25, 0.3) is 5.37 Å². The molecule has 0 saturated carbocycles. The molecule has 0 amide bonds. The average Bonchev–Trinajstić information content (AvgIpc) is 3.22. The summed E-state index contributed by atoms with van der Waals surface area (Å²) in [6, 6.07) is 22.2. The molecule has 0 unspecified atom stereocenters. The minimum Gasteiger partial charge on any atom is -0.434 e. The SMILES string of the molecule is O=C(c1ccccc1)c1cccc(NC[C-]2C=[S+][C-](c3cccnc3)[NH2+]2)c1. The first-order valence-corrected chi connectivity index (χ1v) is 9.59. The molecule has 4 rings (SSSR count). The third-order valence-electron chi connectivity index (χ3n) is 4.26. The van der Waals surface area contributed by atoms with Gasteiger partial charge in [-0.1, -0.05) is 60.3 Å². The zero-order valence-corrected chi connectivity index (χ0v) is 15.4. The van der Waals surface area contributed by atoms with Crippen molar-refractivity contribution in [2.24, 2.45) is 0 Å². The van der Waals surface area contributed by atoms with Gasteiger partial charge in [0.1, 0.15) is 0 Å². The fourth-order valence-corrected chi connectivity index (χ4v) is 3.76. The number of nitrogens with zero attached hydrogens (tertiary/aromatic N) is 1. The first-order valence-electron chi connectivity index (χ1n) is 8.71. The second-order valence-electron chi connectivity index (χ2n) is 6.19. The van der Waals surface area contributed by atoms with Crippen LogP contribution in [0.15, 0.2) is 79.1 Å². The van der Waals surface area contributed by atoms with Crippen molar-refractivity contribution < 1.29 is 10.1 Å². The summed E-state index contributed by atoms with van der Waals surface area (Å²) in [6.45, 7) is 0.708. The van der Waals surface area contributed by atoms with E-state index in [1.54, 1.807) is 17.5 Å². The highest BCUT2D eigenvalue weighted by molar-refractivity contribution is 7.80. The molecule has 4 nitrogen and oxygen atoms in total. The Kier molecular flexibility index (Phi) is 5.23. The molecule has 0 radical (unpaired) electrons. The lowest BCUT2D eigenvalue weighted by Crippen LogP contribution is -2.85. The maximum absolute atomic E-state index is 12.6. The van der Waals surface area contributed by atoms with Gasteiger partial charge in [-0.25, -0.2) is 0 Å². The number of nitrogens with one attached hydrogen (secondary N) is 1. The fourth-order valence-electron chi connectivity index (χ4n) is 2.86. The first-order chi connectivity index (χ1) is 13.3. The number of quaternary nitrogens is 1. The Morgan fingerprint density at radius 1 is 1.04 bits per heavy atom. The highest BCUT2D eigenvalue weighted by Crippen LogP contribution is 2.16. The molecule has 5 heteroatoms. The number of ketones is 1. The Morgan fingerprint density at radius 3 is 2.70 bits per heavy atom. The van der Waals surface area contributed by atoms with Gasteiger partial charge in [-0.15, -0.1) is 6.07 Å². The number of hydrogen-bond acceptors (Lipinski definition) is 3. The number of pyridine rings is 1. The van der Waals surface area contributed by atoms with Crippen molar-refractivity contribution in [1.82, 2.24) is 4.98 Å². The molecule has 134 valence electrons. The number of anilines is 1. The quantitative estimate of drug-likeness (QED) is 0.302. The van der Waals surface area contributed by atoms with E-state index in [-0.39, 0.29) is 5.78 Å². The molecule has 1 aliphatic rings. The summed E-state index contributed by atoms with van der Waals surface area (Å²) in [7, 11) is 0. The number of benzene rings is 2. The van der Waals surface area contributed by atoms with Gasteiger partial charge < -0.3 is 15.6 Å². The highest BCUT2D eigenvalue weighted by Gasteiger charge is 2.23. The molecular formula is C22H19N3OS. The molecular weight excluding hydrogens is 354 g/mol. The smallest absolute Gasteiger partial charge is 0.260 e. The van der Waals surface area contributed by atoms with Gasteiger partial charge in [-0.3, -0.25) is 4.79 Å². The molecule has 27 heavy (non-hydrogen) atoms. The minimum absolute atomic E-state index is 0.0358. The third-order valence-corrected chi connectivity index (χ3v) is 5.29. The molecule has 1 aromatic heterocycles. The molecule has 0 aliphatic carbocycles. The highest BCUT2D eigenvalue weighted by atomic mass is 32.1. The Bertz CT molecular complexity index is 944. The second-order valence-corrected chi connectivity index (χ2v) is 7.10. The Balaban J connectivity index is 1.37. The molecule has 0 saturated heterocycles. The fraction of sp³-hybridized carbons (Fsp3) is 0.0455. The zero-order valence-electron chi connectivity index (χ0n) is 14.6. The van der Waals surface area contributed by atoms with Crippen molar-refractivity contribution in [3.05, 3.63) is 107 Å². The summed E-state index contributed by atoms with van der Waals surface area (Å²) >= 11 is 1.71. The van der Waals surface area contributed by atoms with E-state index in [1.807, 2.05) is 66.9 Å². The van der Waals surface area contributed by atoms with E-state index in [9.17, 15) is 4.79 Å². The third kappa shape index (κ3) is 4.22. The maximum Gasteiger partial charge on any atom is 0.260 e. The molecule has 3 N–H and O–H groups in total. The Labute approximate surface area is 162 Å². The summed E-state index contributed by atoms with van der Waals surface area (Å²) in [4.78, 5) is 16.8. The first kappa shape index (κ1) is 17.4. The van der Waals surface area contributed by atoms with Crippen LogP contribution in [-0.4, -0.2) is 22.7 Å². The van der Waals surface area contributed by atoms with Crippen LogP contribution in [-0.2, 0) is 11.4 Å². The molecule has 0 fully saturated rings. The molecule has 1 aliphatic heterocycles. The lowest BCUT2D eigenvalue weighted by atomic mass is 10.0. The molecule has 3 aromatic rings. The van der Waals surface area contributed by atoms with Gasteiger partial charge in [-0.05, 0) is 30.9 Å². The van der Waals surface area contributed by atoms with E-state index in [4.69, 9.17) is 0 Å². The monoisotopic (exact) mass is 373 g/mol. The van der Waals surface area contributed by atoms with Crippen LogP contribution in [0.25, 0.3) is 0 Å². The van der Waals surface area contributed by atoms with Crippen molar-refractivity contribution in [2.75, 3.05) is 11.9 Å². The number of carbonyl (C=O) groups excluding carboxylic acids is 1. The van der Waals surface area contributed by atoms with Crippen LogP contribution >= 0.6 is 0 Å². The van der Waals surface area contributed by atoms with E-state index in [0.717, 1.165) is 11.3 Å². The van der Waals surface area contributed by atoms with Gasteiger partial charge in [0, 0.05) is 16.8 Å². The van der Waals surface area contributed by atoms with Crippen LogP contribution in [0.2, 0.25) is 0 Å². The maximum atomic E-state index is 12.6. The number of hydrogen-bond donors (Lipinski definition) is 2. The molecule has 0 spiro atoms. The lowest BCUT2D eigenvalue weighted by molar-refractivity contribution is -0.589. The zero-order chi connectivity index (χ0) is 18.5. The van der Waals surface area contributed by atoms with Crippen molar-refractivity contribution in [2.45, 2.75) is 0 Å². The predicted molar refractivity (Wildman–Crippen MR) is 110 cm³/mol. The average molecular weight is 373 g/mol. The van der Waals surface area contributed by atoms with E-state index in [2.05, 4.69) is 27.1 Å². The van der Waals surface area contributed by atoms with Gasteiger partial charge in [0.05, 0.1) is 5.37 Å². The summed E-state index contributed by atoms with van der Waals surface area (Å²) in [5, 5.41) is 8.93. The normalized spacial score (nSPS) is 13.7. The summed E-state index contributed by atoms with van der Waals surface area (Å²) in [5.41, 5.74) is 3.45. The second kappa shape index (κ2) is 8.12.